The molecule has 0 heterocycles. The van der Waals surface area contributed by atoms with E-state index < -0.39 is 0 Å². The summed E-state index contributed by atoms with van der Waals surface area (Å²) in [6.07, 6.45) is 0. The summed E-state index contributed by atoms with van der Waals surface area (Å²) in [4.78, 5) is 13.0. The first kappa shape index (κ1) is 17.2. The summed E-state index contributed by atoms with van der Waals surface area (Å²) >= 11 is 0. The average molecular weight is 297 g/mol. The van der Waals surface area contributed by atoms with Crippen LogP contribution in [0.1, 0.15) is 6.92 Å². The van der Waals surface area contributed by atoms with Crippen LogP contribution in [0.5, 0.6) is 0 Å². The smallest absolute Gasteiger partial charge is 0.315 e. The molecule has 0 amide bonds. The lowest BCUT2D eigenvalue weighted by Crippen LogP contribution is -2.39. The zero-order chi connectivity index (χ0) is 15.8. The van der Waals surface area contributed by atoms with Gasteiger partial charge in [-0.25, -0.2) is 0 Å². The minimum absolute atomic E-state index is 0.00374. The Morgan fingerprint density at radius 3 is 2.62 bits per heavy atom. The molecular weight excluding hydrogens is 274 g/mol. The fourth-order valence-corrected chi connectivity index (χ4v) is 2.26. The molecule has 1 aromatic carbocycles. The van der Waals surface area contributed by atoms with Gasteiger partial charge >= 0.3 is 5.69 Å². The molecule has 21 heavy (non-hydrogen) atoms. The van der Waals surface area contributed by atoms with Crippen molar-refractivity contribution in [1.82, 2.24) is 0 Å². The lowest BCUT2D eigenvalue weighted by molar-refractivity contribution is -0.383. The summed E-state index contributed by atoms with van der Waals surface area (Å²) < 4.78 is 10.3. The Morgan fingerprint density at radius 1 is 1.38 bits per heavy atom. The van der Waals surface area contributed by atoms with Crippen LogP contribution in [-0.2, 0) is 9.47 Å². The Balaban J connectivity index is 3.25. The maximum absolute atomic E-state index is 11.4. The predicted octanol–water partition coefficient (Wildman–Crippen LogP) is 2.12. The quantitative estimate of drug-likeness (QED) is 0.556. The van der Waals surface area contributed by atoms with Crippen molar-refractivity contribution in [2.24, 2.45) is 0 Å². The van der Waals surface area contributed by atoms with Gasteiger partial charge in [-0.1, -0.05) is 6.07 Å². The number of benzene rings is 1. The fraction of sp³-hybridized carbons (Fsp3) is 0.571. The zero-order valence-electron chi connectivity index (χ0n) is 13.0. The molecule has 0 aliphatic rings. The van der Waals surface area contributed by atoms with E-state index in [1.165, 1.54) is 0 Å². The van der Waals surface area contributed by atoms with Crippen LogP contribution < -0.4 is 10.2 Å². The van der Waals surface area contributed by atoms with Gasteiger partial charge < -0.3 is 19.7 Å². The molecule has 0 saturated heterocycles. The van der Waals surface area contributed by atoms with Gasteiger partial charge in [0.25, 0.3) is 0 Å². The van der Waals surface area contributed by atoms with Crippen molar-refractivity contribution in [3.05, 3.63) is 28.3 Å². The monoisotopic (exact) mass is 297 g/mol. The molecule has 0 fully saturated rings. The third-order valence-corrected chi connectivity index (χ3v) is 3.25. The number of hydrogen-bond acceptors (Lipinski definition) is 6. The molecule has 7 heteroatoms. The lowest BCUT2D eigenvalue weighted by Gasteiger charge is -2.30. The zero-order valence-corrected chi connectivity index (χ0v) is 13.0. The largest absolute Gasteiger partial charge is 0.383 e. The van der Waals surface area contributed by atoms with Crippen molar-refractivity contribution in [2.75, 3.05) is 51.2 Å². The van der Waals surface area contributed by atoms with Crippen LogP contribution in [0, 0.1) is 10.1 Å². The highest BCUT2D eigenvalue weighted by Crippen LogP contribution is 2.36. The highest BCUT2D eigenvalue weighted by Gasteiger charge is 2.26. The first-order chi connectivity index (χ1) is 10.1. The van der Waals surface area contributed by atoms with Gasteiger partial charge in [-0.05, 0) is 19.1 Å². The number of nitrogens with one attached hydrogen (secondary N) is 1. The van der Waals surface area contributed by atoms with Crippen molar-refractivity contribution in [1.29, 1.82) is 0 Å². The van der Waals surface area contributed by atoms with Gasteiger partial charge in [0.05, 0.1) is 18.1 Å². The molecular formula is C14H23N3O4. The van der Waals surface area contributed by atoms with E-state index in [2.05, 4.69) is 5.32 Å². The van der Waals surface area contributed by atoms with Crippen LogP contribution in [0.4, 0.5) is 17.1 Å². The van der Waals surface area contributed by atoms with Crippen LogP contribution in [0.15, 0.2) is 18.2 Å². The number of nitro benzene ring substituents is 1. The summed E-state index contributed by atoms with van der Waals surface area (Å²) in [5.74, 6) is 0. The number of para-hydroxylation sites is 1. The van der Waals surface area contributed by atoms with Crippen LogP contribution >= 0.6 is 0 Å². The van der Waals surface area contributed by atoms with E-state index in [0.29, 0.717) is 31.1 Å². The highest BCUT2D eigenvalue weighted by molar-refractivity contribution is 5.77. The van der Waals surface area contributed by atoms with Crippen molar-refractivity contribution >= 4 is 17.1 Å². The third kappa shape index (κ3) is 4.30. The fourth-order valence-electron chi connectivity index (χ4n) is 2.26. The van der Waals surface area contributed by atoms with E-state index in [4.69, 9.17) is 9.47 Å². The molecule has 7 nitrogen and oxygen atoms in total. The third-order valence-electron chi connectivity index (χ3n) is 3.25. The SMILES string of the molecule is CNc1cccc(N(CCOC)C(C)COC)c1[N+](=O)[O-]. The Kier molecular flexibility index (Phi) is 6.90. The van der Waals surface area contributed by atoms with E-state index in [-0.39, 0.29) is 16.7 Å². The minimum atomic E-state index is -0.361. The molecule has 1 aromatic rings. The molecule has 0 saturated carbocycles. The predicted molar refractivity (Wildman–Crippen MR) is 83.2 cm³/mol. The summed E-state index contributed by atoms with van der Waals surface area (Å²) in [5.41, 5.74) is 1.12. The first-order valence-corrected chi connectivity index (χ1v) is 6.76. The summed E-state index contributed by atoms with van der Waals surface area (Å²) in [6.45, 7) is 3.48. The number of nitrogens with zero attached hydrogens (tertiary/aromatic N) is 2. The van der Waals surface area contributed by atoms with E-state index in [9.17, 15) is 10.1 Å². The van der Waals surface area contributed by atoms with Gasteiger partial charge in [0.2, 0.25) is 0 Å². The van der Waals surface area contributed by atoms with Crippen molar-refractivity contribution < 1.29 is 14.4 Å². The number of nitro groups is 1. The Morgan fingerprint density at radius 2 is 2.10 bits per heavy atom. The molecule has 0 aromatic heterocycles. The molecule has 0 radical (unpaired) electrons. The number of rotatable bonds is 9. The van der Waals surface area contributed by atoms with Gasteiger partial charge in [0.1, 0.15) is 11.4 Å². The van der Waals surface area contributed by atoms with E-state index in [1.807, 2.05) is 11.8 Å². The molecule has 118 valence electrons. The van der Waals surface area contributed by atoms with Crippen molar-refractivity contribution in [2.45, 2.75) is 13.0 Å². The molecule has 0 aliphatic carbocycles. The van der Waals surface area contributed by atoms with Crippen molar-refractivity contribution in [3.8, 4) is 0 Å². The van der Waals surface area contributed by atoms with Gasteiger partial charge in [-0.2, -0.15) is 0 Å². The maximum atomic E-state index is 11.4. The van der Waals surface area contributed by atoms with Gasteiger partial charge in [-0.3, -0.25) is 10.1 Å². The highest BCUT2D eigenvalue weighted by atomic mass is 16.6. The molecule has 0 bridgehead atoms. The molecule has 1 atom stereocenters. The minimum Gasteiger partial charge on any atom is -0.383 e. The Bertz CT molecular complexity index is 468. The van der Waals surface area contributed by atoms with Crippen LogP contribution in [0.2, 0.25) is 0 Å². The molecule has 0 aliphatic heterocycles. The van der Waals surface area contributed by atoms with Gasteiger partial charge in [0.15, 0.2) is 0 Å². The second-order valence-corrected chi connectivity index (χ2v) is 4.67. The standard InChI is InChI=1S/C14H23N3O4/c1-11(10-21-4)16(8-9-20-3)13-7-5-6-12(15-2)14(13)17(18)19/h5-7,11,15H,8-10H2,1-4H3. The molecule has 1 N–H and O–H groups in total. The number of anilines is 2. The van der Waals surface area contributed by atoms with Crippen LogP contribution in [0.25, 0.3) is 0 Å². The average Bonchev–Trinajstić information content (AvgIpc) is 2.47. The lowest BCUT2D eigenvalue weighted by atomic mass is 10.1. The number of ether oxygens (including phenoxy) is 2. The molecule has 1 rings (SSSR count). The van der Waals surface area contributed by atoms with E-state index in [0.717, 1.165) is 0 Å². The summed E-state index contributed by atoms with van der Waals surface area (Å²) in [7, 11) is 4.89. The number of methoxy groups -OCH3 is 2. The van der Waals surface area contributed by atoms with Crippen molar-refractivity contribution in [3.63, 3.8) is 0 Å². The van der Waals surface area contributed by atoms with E-state index in [1.54, 1.807) is 39.5 Å². The molecule has 1 unspecified atom stereocenters. The summed E-state index contributed by atoms with van der Waals surface area (Å²) in [6, 6.07) is 5.24. The van der Waals surface area contributed by atoms with Crippen LogP contribution in [-0.4, -0.2) is 52.0 Å². The van der Waals surface area contributed by atoms with Crippen LogP contribution in [0.3, 0.4) is 0 Å². The maximum Gasteiger partial charge on any atom is 0.315 e. The molecule has 0 spiro atoms. The van der Waals surface area contributed by atoms with E-state index >= 15 is 0 Å². The Hall–Kier alpha value is -1.86. The Labute approximate surface area is 125 Å². The van der Waals surface area contributed by atoms with Gasteiger partial charge in [0, 0.05) is 33.9 Å². The second-order valence-electron chi connectivity index (χ2n) is 4.67. The second kappa shape index (κ2) is 8.43. The van der Waals surface area contributed by atoms with Gasteiger partial charge in [-0.15, -0.1) is 0 Å². The summed E-state index contributed by atoms with van der Waals surface area (Å²) in [5, 5.41) is 14.3. The topological polar surface area (TPSA) is 76.9 Å². The normalized spacial score (nSPS) is 12.0. The first-order valence-electron chi connectivity index (χ1n) is 6.76. The number of hydrogen-bond donors (Lipinski definition) is 1.